The minimum absolute atomic E-state index is 0.0636. The number of aldehydes is 1. The van der Waals surface area contributed by atoms with Crippen molar-refractivity contribution in [3.05, 3.63) is 36.1 Å². The highest BCUT2D eigenvalue weighted by atomic mass is 16.3. The zero-order valence-electron chi connectivity index (χ0n) is 6.27. The van der Waals surface area contributed by atoms with E-state index >= 15 is 0 Å². The van der Waals surface area contributed by atoms with Crippen LogP contribution in [0, 0.1) is 0 Å². The first-order valence-corrected chi connectivity index (χ1v) is 3.37. The Morgan fingerprint density at radius 3 is 2.67 bits per heavy atom. The lowest BCUT2D eigenvalue weighted by Gasteiger charge is -1.98. The summed E-state index contributed by atoms with van der Waals surface area (Å²) in [6.45, 7) is 0. The number of hydrogen-bond donors (Lipinski definition) is 2. The Labute approximate surface area is 69.6 Å². The van der Waals surface area contributed by atoms with Crippen molar-refractivity contribution in [3.8, 4) is 5.75 Å². The van der Waals surface area contributed by atoms with Crippen LogP contribution in [-0.2, 0) is 4.79 Å². The van der Waals surface area contributed by atoms with Crippen molar-refractivity contribution in [2.45, 2.75) is 0 Å². The standard InChI is InChI=1S/C9H8O3/c10-5-8(6-11)7-2-1-3-9(12)4-7/h1-6,10,12H. The van der Waals surface area contributed by atoms with Gasteiger partial charge in [0.25, 0.3) is 0 Å². The van der Waals surface area contributed by atoms with Crippen LogP contribution in [0.5, 0.6) is 5.75 Å². The lowest BCUT2D eigenvalue weighted by atomic mass is 10.1. The minimum Gasteiger partial charge on any atom is -0.515 e. The number of phenolic OH excluding ortho intramolecular Hbond substituents is 1. The van der Waals surface area contributed by atoms with Crippen LogP contribution in [-0.4, -0.2) is 16.5 Å². The molecule has 1 aromatic rings. The average Bonchev–Trinajstić information content (AvgIpc) is 2.07. The van der Waals surface area contributed by atoms with E-state index in [1.54, 1.807) is 12.1 Å². The molecule has 0 atom stereocenters. The van der Waals surface area contributed by atoms with Crippen LogP contribution in [0.4, 0.5) is 0 Å². The van der Waals surface area contributed by atoms with Gasteiger partial charge in [-0.25, -0.2) is 0 Å². The Kier molecular flexibility index (Phi) is 2.48. The van der Waals surface area contributed by atoms with Crippen molar-refractivity contribution in [1.29, 1.82) is 0 Å². The van der Waals surface area contributed by atoms with Gasteiger partial charge >= 0.3 is 0 Å². The van der Waals surface area contributed by atoms with E-state index in [2.05, 4.69) is 0 Å². The molecule has 62 valence electrons. The molecule has 0 aliphatic rings. The monoisotopic (exact) mass is 164 g/mol. The van der Waals surface area contributed by atoms with Crippen LogP contribution >= 0.6 is 0 Å². The molecule has 0 aliphatic carbocycles. The van der Waals surface area contributed by atoms with Crippen molar-refractivity contribution in [1.82, 2.24) is 0 Å². The summed E-state index contributed by atoms with van der Waals surface area (Å²) >= 11 is 0. The molecule has 0 amide bonds. The number of benzene rings is 1. The second-order valence-corrected chi connectivity index (χ2v) is 2.25. The van der Waals surface area contributed by atoms with E-state index in [1.165, 1.54) is 12.1 Å². The van der Waals surface area contributed by atoms with Crippen molar-refractivity contribution in [2.24, 2.45) is 0 Å². The average molecular weight is 164 g/mol. The van der Waals surface area contributed by atoms with Crippen LogP contribution in [0.15, 0.2) is 30.5 Å². The quantitative estimate of drug-likeness (QED) is 0.395. The molecule has 1 rings (SSSR count). The molecule has 0 radical (unpaired) electrons. The highest BCUT2D eigenvalue weighted by molar-refractivity contribution is 6.06. The first kappa shape index (κ1) is 8.33. The van der Waals surface area contributed by atoms with E-state index in [0.29, 0.717) is 18.1 Å². The van der Waals surface area contributed by atoms with E-state index < -0.39 is 0 Å². The van der Waals surface area contributed by atoms with Gasteiger partial charge in [-0.05, 0) is 17.7 Å². The molecule has 0 saturated heterocycles. The normalized spacial score (nSPS) is 11.2. The van der Waals surface area contributed by atoms with Gasteiger partial charge in [0.1, 0.15) is 5.75 Å². The maximum atomic E-state index is 10.3. The van der Waals surface area contributed by atoms with Gasteiger partial charge in [-0.1, -0.05) is 12.1 Å². The summed E-state index contributed by atoms with van der Waals surface area (Å²) in [6.07, 6.45) is 1.23. The number of carbonyl (C=O) groups excluding carboxylic acids is 1. The maximum Gasteiger partial charge on any atom is 0.153 e. The van der Waals surface area contributed by atoms with Gasteiger partial charge in [-0.2, -0.15) is 0 Å². The molecule has 0 spiro atoms. The number of allylic oxidation sites excluding steroid dienone is 1. The molecular formula is C9H8O3. The second-order valence-electron chi connectivity index (χ2n) is 2.25. The third kappa shape index (κ3) is 1.63. The summed E-state index contributed by atoms with van der Waals surface area (Å²) in [5, 5.41) is 17.6. The number of rotatable bonds is 2. The summed E-state index contributed by atoms with van der Waals surface area (Å²) in [7, 11) is 0. The molecule has 0 bridgehead atoms. The van der Waals surface area contributed by atoms with Crippen LogP contribution in [0.25, 0.3) is 5.57 Å². The predicted octanol–water partition coefficient (Wildman–Crippen LogP) is 1.49. The topological polar surface area (TPSA) is 57.5 Å². The smallest absolute Gasteiger partial charge is 0.153 e. The van der Waals surface area contributed by atoms with E-state index in [-0.39, 0.29) is 11.3 Å². The van der Waals surface area contributed by atoms with E-state index in [0.717, 1.165) is 0 Å². The van der Waals surface area contributed by atoms with E-state index in [4.69, 9.17) is 10.2 Å². The molecule has 0 saturated carbocycles. The molecule has 0 aliphatic heterocycles. The molecule has 0 aromatic heterocycles. The SMILES string of the molecule is O=CC(=CO)c1cccc(O)c1. The molecule has 0 fully saturated rings. The molecular weight excluding hydrogens is 156 g/mol. The zero-order chi connectivity index (χ0) is 8.97. The lowest BCUT2D eigenvalue weighted by molar-refractivity contribution is -0.103. The fraction of sp³-hybridized carbons (Fsp3) is 0. The molecule has 1 aromatic carbocycles. The maximum absolute atomic E-state index is 10.3. The number of aliphatic hydroxyl groups is 1. The van der Waals surface area contributed by atoms with Crippen molar-refractivity contribution < 1.29 is 15.0 Å². The Hall–Kier alpha value is -1.77. The van der Waals surface area contributed by atoms with Crippen LogP contribution in [0.3, 0.4) is 0 Å². The summed E-state index contributed by atoms with van der Waals surface area (Å²) in [6, 6.07) is 6.10. The van der Waals surface area contributed by atoms with Gasteiger partial charge < -0.3 is 10.2 Å². The summed E-state index contributed by atoms with van der Waals surface area (Å²) in [5.74, 6) is 0.0636. The van der Waals surface area contributed by atoms with Crippen LogP contribution < -0.4 is 0 Å². The number of aromatic hydroxyl groups is 1. The predicted molar refractivity (Wildman–Crippen MR) is 44.8 cm³/mol. The summed E-state index contributed by atoms with van der Waals surface area (Å²) in [5.41, 5.74) is 0.637. The fourth-order valence-corrected chi connectivity index (χ4v) is 0.858. The highest BCUT2D eigenvalue weighted by Gasteiger charge is 1.99. The molecule has 12 heavy (non-hydrogen) atoms. The number of hydrogen-bond acceptors (Lipinski definition) is 3. The van der Waals surface area contributed by atoms with Gasteiger partial charge in [0.05, 0.1) is 11.8 Å². The summed E-state index contributed by atoms with van der Waals surface area (Å²) < 4.78 is 0. The molecule has 0 unspecified atom stereocenters. The van der Waals surface area contributed by atoms with E-state index in [9.17, 15) is 4.79 Å². The fourth-order valence-electron chi connectivity index (χ4n) is 0.858. The minimum atomic E-state index is 0.0636. The van der Waals surface area contributed by atoms with Gasteiger partial charge in [0, 0.05) is 0 Å². The molecule has 2 N–H and O–H groups in total. The Morgan fingerprint density at radius 2 is 2.17 bits per heavy atom. The first-order valence-electron chi connectivity index (χ1n) is 3.37. The second kappa shape index (κ2) is 3.57. The van der Waals surface area contributed by atoms with Crippen molar-refractivity contribution in [2.75, 3.05) is 0 Å². The molecule has 3 nitrogen and oxygen atoms in total. The van der Waals surface area contributed by atoms with Gasteiger partial charge in [-0.3, -0.25) is 4.79 Å². The Bertz CT molecular complexity index is 315. The largest absolute Gasteiger partial charge is 0.515 e. The number of aliphatic hydroxyl groups excluding tert-OH is 1. The zero-order valence-corrected chi connectivity index (χ0v) is 6.27. The van der Waals surface area contributed by atoms with Crippen molar-refractivity contribution in [3.63, 3.8) is 0 Å². The van der Waals surface area contributed by atoms with Gasteiger partial charge in [-0.15, -0.1) is 0 Å². The number of phenols is 1. The van der Waals surface area contributed by atoms with Crippen LogP contribution in [0.2, 0.25) is 0 Å². The number of carbonyl (C=O) groups is 1. The van der Waals surface area contributed by atoms with Crippen LogP contribution in [0.1, 0.15) is 5.56 Å². The van der Waals surface area contributed by atoms with Crippen molar-refractivity contribution >= 4 is 11.9 Å². The van der Waals surface area contributed by atoms with Gasteiger partial charge in [0.15, 0.2) is 6.29 Å². The Balaban J connectivity index is 3.10. The third-order valence-corrected chi connectivity index (χ3v) is 1.45. The van der Waals surface area contributed by atoms with E-state index in [1.807, 2.05) is 0 Å². The van der Waals surface area contributed by atoms with Gasteiger partial charge in [0.2, 0.25) is 0 Å². The summed E-state index contributed by atoms with van der Waals surface area (Å²) in [4.78, 5) is 10.3. The lowest BCUT2D eigenvalue weighted by Crippen LogP contribution is -1.84. The highest BCUT2D eigenvalue weighted by Crippen LogP contribution is 2.16. The molecule has 3 heteroatoms. The third-order valence-electron chi connectivity index (χ3n) is 1.45. The Morgan fingerprint density at radius 1 is 1.42 bits per heavy atom. The first-order chi connectivity index (χ1) is 5.77. The molecule has 0 heterocycles.